The number of aryl methyl sites for hydroxylation is 2. The van der Waals surface area contributed by atoms with Gasteiger partial charge in [-0.15, -0.1) is 0 Å². The fraction of sp³-hybridized carbons (Fsp3) is 0.277. The number of rotatable bonds is 10. The van der Waals surface area contributed by atoms with Gasteiger partial charge < -0.3 is 23.9 Å². The van der Waals surface area contributed by atoms with Crippen LogP contribution in [0.1, 0.15) is 47.7 Å². The number of carbonyl (C=O) groups excluding carboxylic acids is 2. The number of benzene rings is 4. The van der Waals surface area contributed by atoms with Crippen molar-refractivity contribution in [3.05, 3.63) is 162 Å². The van der Waals surface area contributed by atoms with E-state index in [1.165, 1.54) is 40.3 Å². The molecular formula is C47H43N5O9. The van der Waals surface area contributed by atoms with Crippen molar-refractivity contribution in [1.29, 1.82) is 0 Å². The Bertz CT molecular complexity index is 3010. The van der Waals surface area contributed by atoms with Gasteiger partial charge in [0.1, 0.15) is 5.69 Å². The second-order valence-corrected chi connectivity index (χ2v) is 15.5. The van der Waals surface area contributed by atoms with Crippen LogP contribution in [0.5, 0.6) is 23.0 Å². The molecule has 0 radical (unpaired) electrons. The molecule has 310 valence electrons. The Balaban J connectivity index is 1.20. The maximum absolute atomic E-state index is 15.3. The van der Waals surface area contributed by atoms with E-state index < -0.39 is 40.2 Å². The zero-order chi connectivity index (χ0) is 42.7. The van der Waals surface area contributed by atoms with E-state index in [-0.39, 0.29) is 66.9 Å². The molecule has 2 aromatic heterocycles. The molecule has 1 fully saturated rings. The van der Waals surface area contributed by atoms with Crippen LogP contribution in [-0.2, 0) is 41.6 Å². The first kappa shape index (κ1) is 39.3. The summed E-state index contributed by atoms with van der Waals surface area (Å²) in [6.45, 7) is 1.91. The molecule has 0 unspecified atom stereocenters. The number of nitrogens with zero attached hydrogens (tertiary/aromatic N) is 5. The lowest BCUT2D eigenvalue weighted by atomic mass is 9.47. The fourth-order valence-electron chi connectivity index (χ4n) is 9.82. The first-order chi connectivity index (χ1) is 29.5. The molecular weight excluding hydrogens is 779 g/mol. The van der Waals surface area contributed by atoms with Gasteiger partial charge in [0.15, 0.2) is 34.6 Å². The topological polar surface area (TPSA) is 166 Å². The molecule has 9 rings (SSSR count). The fourth-order valence-corrected chi connectivity index (χ4v) is 9.82. The van der Waals surface area contributed by atoms with Crippen LogP contribution in [0.3, 0.4) is 0 Å². The monoisotopic (exact) mass is 821 g/mol. The molecule has 0 saturated heterocycles. The molecule has 3 aliphatic rings. The molecule has 1 N–H and O–H groups in total. The lowest BCUT2D eigenvalue weighted by molar-refractivity contribution is -0.133. The number of Topliss-reactive ketones (excluding diaryl/α,β-unsaturated/α-hetero) is 1. The molecule has 0 spiro atoms. The molecule has 3 heterocycles. The molecule has 61 heavy (non-hydrogen) atoms. The summed E-state index contributed by atoms with van der Waals surface area (Å²) in [5, 5.41) is 10.8. The van der Waals surface area contributed by atoms with E-state index in [9.17, 15) is 19.5 Å². The van der Waals surface area contributed by atoms with E-state index in [1.54, 1.807) is 50.4 Å². The van der Waals surface area contributed by atoms with E-state index in [1.807, 2.05) is 54.6 Å². The number of fused-ring (bicyclic) bond motifs is 5. The largest absolute Gasteiger partial charge is 0.504 e. The number of phenolic OH excluding ortho intramolecular Hbond substituents is 1. The number of carbonyl (C=O) groups is 2. The molecule has 0 bridgehead atoms. The number of aromatic hydroxyl groups is 1. The number of allylic oxidation sites excluding steroid dienone is 4. The average Bonchev–Trinajstić information content (AvgIpc) is 3.53. The van der Waals surface area contributed by atoms with Crippen LogP contribution in [-0.4, -0.2) is 61.0 Å². The Hall–Kier alpha value is -7.22. The Morgan fingerprint density at radius 2 is 1.56 bits per heavy atom. The number of ether oxygens (including phenoxy) is 3. The zero-order valence-electron chi connectivity index (χ0n) is 34.0. The molecule has 4 aromatic carbocycles. The summed E-state index contributed by atoms with van der Waals surface area (Å²) in [6, 6.07) is 25.7. The highest BCUT2D eigenvalue weighted by molar-refractivity contribution is 6.31. The Labute approximate surface area is 349 Å². The van der Waals surface area contributed by atoms with E-state index in [2.05, 4.69) is 4.98 Å². The van der Waals surface area contributed by atoms with Gasteiger partial charge in [0.25, 0.3) is 5.56 Å². The third-order valence-corrected chi connectivity index (χ3v) is 12.6. The van der Waals surface area contributed by atoms with Crippen molar-refractivity contribution >= 4 is 28.2 Å². The minimum absolute atomic E-state index is 0.000201. The summed E-state index contributed by atoms with van der Waals surface area (Å²) in [7, 11) is 4.62. The third-order valence-electron chi connectivity index (χ3n) is 12.6. The Morgan fingerprint density at radius 3 is 2.26 bits per heavy atom. The molecule has 1 aliphatic heterocycles. The minimum Gasteiger partial charge on any atom is -0.504 e. The molecule has 0 amide bonds. The first-order valence-corrected chi connectivity index (χ1v) is 20.1. The van der Waals surface area contributed by atoms with Crippen LogP contribution >= 0.6 is 0 Å². The predicted octanol–water partition coefficient (Wildman–Crippen LogP) is 4.88. The smallest absolute Gasteiger partial charge is 0.347 e. The molecule has 1 saturated carbocycles. The summed E-state index contributed by atoms with van der Waals surface area (Å²) in [5.74, 6) is -1.37. The first-order valence-electron chi connectivity index (χ1n) is 20.1. The highest BCUT2D eigenvalue weighted by Crippen LogP contribution is 2.61. The van der Waals surface area contributed by atoms with Gasteiger partial charge in [-0.2, -0.15) is 0 Å². The lowest BCUT2D eigenvalue weighted by Crippen LogP contribution is -2.58. The molecule has 6 aromatic rings. The third kappa shape index (κ3) is 5.99. The number of ketones is 2. The Kier molecular flexibility index (Phi) is 9.72. The number of phenols is 1. The van der Waals surface area contributed by atoms with Crippen LogP contribution in [0.2, 0.25) is 0 Å². The normalized spacial score (nSPS) is 20.6. The van der Waals surface area contributed by atoms with Gasteiger partial charge in [-0.1, -0.05) is 72.8 Å². The molecule has 14 heteroatoms. The number of hydrogen-bond donors (Lipinski definition) is 1. The van der Waals surface area contributed by atoms with Crippen LogP contribution in [0, 0.1) is 5.92 Å². The Morgan fingerprint density at radius 1 is 0.852 bits per heavy atom. The lowest BCUT2D eigenvalue weighted by Gasteiger charge is -2.54. The van der Waals surface area contributed by atoms with Crippen LogP contribution < -0.4 is 31.1 Å². The van der Waals surface area contributed by atoms with Gasteiger partial charge in [-0.25, -0.2) is 28.5 Å². The van der Waals surface area contributed by atoms with Gasteiger partial charge in [0, 0.05) is 49.6 Å². The van der Waals surface area contributed by atoms with Crippen molar-refractivity contribution in [3.8, 4) is 23.0 Å². The van der Waals surface area contributed by atoms with Crippen molar-refractivity contribution in [1.82, 2.24) is 23.5 Å². The van der Waals surface area contributed by atoms with E-state index in [4.69, 9.17) is 14.2 Å². The summed E-state index contributed by atoms with van der Waals surface area (Å²) >= 11 is 0. The van der Waals surface area contributed by atoms with E-state index >= 15 is 9.59 Å². The maximum Gasteiger partial charge on any atom is 0.347 e. The van der Waals surface area contributed by atoms with Crippen LogP contribution in [0.15, 0.2) is 123 Å². The quantitative estimate of drug-likeness (QED) is 0.188. The number of hydrogen-bond acceptors (Lipinski definition) is 10. The van der Waals surface area contributed by atoms with Crippen molar-refractivity contribution in [3.63, 3.8) is 0 Å². The van der Waals surface area contributed by atoms with Crippen molar-refractivity contribution in [2.45, 2.75) is 50.2 Å². The van der Waals surface area contributed by atoms with Crippen molar-refractivity contribution in [2.24, 2.45) is 13.0 Å². The number of aromatic nitrogens is 5. The molecule has 14 nitrogen and oxygen atoms in total. The van der Waals surface area contributed by atoms with E-state index in [0.29, 0.717) is 44.8 Å². The summed E-state index contributed by atoms with van der Waals surface area (Å²) in [4.78, 5) is 77.7. The summed E-state index contributed by atoms with van der Waals surface area (Å²) in [5.41, 5.74) is 0.842. The van der Waals surface area contributed by atoms with Gasteiger partial charge in [0.05, 0.1) is 49.9 Å². The van der Waals surface area contributed by atoms with Crippen molar-refractivity contribution < 1.29 is 28.9 Å². The van der Waals surface area contributed by atoms with Crippen LogP contribution in [0.4, 0.5) is 0 Å². The van der Waals surface area contributed by atoms with Crippen LogP contribution in [0.25, 0.3) is 16.6 Å². The van der Waals surface area contributed by atoms with Gasteiger partial charge in [-0.05, 0) is 53.8 Å². The van der Waals surface area contributed by atoms with E-state index in [0.717, 1.165) is 4.57 Å². The second kappa shape index (κ2) is 15.1. The standard InChI is InChI=1S/C47H43N5O9/c1-5-61-38-22-28(16-17-37(38)53)42-30-18-21-51-45(57)50(20-19-33-44(56)49(2)36-26-40(60-4)39(59-3)25-34(36)48-33)46(58)52(51)35(30)24-32-43(55)31(27-12-8-6-9-13-27)23-41(54)47(32,42)29-14-10-7-11-15-29/h6-18,22-23,25-26,32,35,42,53H,5,19-21,24H2,1-4H3/t32-,35+,42-,47-/m0/s1. The minimum atomic E-state index is -1.47. The van der Waals surface area contributed by atoms with Gasteiger partial charge in [-0.3, -0.25) is 14.4 Å². The van der Waals surface area contributed by atoms with Gasteiger partial charge >= 0.3 is 11.4 Å². The predicted molar refractivity (Wildman–Crippen MR) is 227 cm³/mol. The maximum atomic E-state index is 15.3. The highest BCUT2D eigenvalue weighted by Gasteiger charge is 2.63. The zero-order valence-corrected chi connectivity index (χ0v) is 34.0. The van der Waals surface area contributed by atoms with Crippen molar-refractivity contribution in [2.75, 3.05) is 20.8 Å². The average molecular weight is 822 g/mol. The molecule has 4 atom stereocenters. The number of methoxy groups -OCH3 is 2. The van der Waals surface area contributed by atoms with Gasteiger partial charge in [0.2, 0.25) is 0 Å². The highest BCUT2D eigenvalue weighted by atomic mass is 16.5. The summed E-state index contributed by atoms with van der Waals surface area (Å²) in [6.07, 6.45) is 3.34. The second-order valence-electron chi connectivity index (χ2n) is 15.5. The summed E-state index contributed by atoms with van der Waals surface area (Å²) < 4.78 is 22.0. The molecule has 2 aliphatic carbocycles. The SMILES string of the molecule is CCOc1cc([C@H]2C3=CCn4c(=O)n(CCc5nc6cc(OC)c(OC)cc6n(C)c5=O)c(=O)n4[C@@H]3C[C@H]3C(=O)C(c4ccccc4)=CC(=O)[C@@]23c2ccccc2)ccc1O.